The standard InChI is InChI=1S/C16H17N3O2/c20-16(21-12-13-6-1-2-8-17-13)14-7-5-9-18-15(14)19-10-3-4-11-19/h1-2,5-9H,3-4,10-12H2. The largest absolute Gasteiger partial charge is 0.455 e. The molecule has 1 aliphatic heterocycles. The molecule has 0 saturated carbocycles. The highest BCUT2D eigenvalue weighted by molar-refractivity contribution is 5.94. The predicted octanol–water partition coefficient (Wildman–Crippen LogP) is 2.43. The van der Waals surface area contributed by atoms with Crippen molar-refractivity contribution in [2.75, 3.05) is 18.0 Å². The van der Waals surface area contributed by atoms with E-state index < -0.39 is 0 Å². The number of rotatable bonds is 4. The van der Waals surface area contributed by atoms with Gasteiger partial charge in [-0.2, -0.15) is 0 Å². The Labute approximate surface area is 123 Å². The van der Waals surface area contributed by atoms with Crippen LogP contribution >= 0.6 is 0 Å². The Hall–Kier alpha value is -2.43. The first-order valence-electron chi connectivity index (χ1n) is 7.11. The molecule has 21 heavy (non-hydrogen) atoms. The number of nitrogens with zero attached hydrogens (tertiary/aromatic N) is 3. The quantitative estimate of drug-likeness (QED) is 0.807. The van der Waals surface area contributed by atoms with E-state index in [-0.39, 0.29) is 12.6 Å². The molecular formula is C16H17N3O2. The van der Waals surface area contributed by atoms with E-state index in [1.165, 1.54) is 0 Å². The fourth-order valence-electron chi connectivity index (χ4n) is 2.44. The molecule has 108 valence electrons. The Balaban J connectivity index is 1.72. The number of anilines is 1. The molecule has 0 amide bonds. The number of carbonyl (C=O) groups is 1. The zero-order chi connectivity index (χ0) is 14.5. The Kier molecular flexibility index (Phi) is 4.09. The van der Waals surface area contributed by atoms with Crippen LogP contribution in [0.25, 0.3) is 0 Å². The predicted molar refractivity (Wildman–Crippen MR) is 79.0 cm³/mol. The van der Waals surface area contributed by atoms with Crippen LogP contribution < -0.4 is 4.90 Å². The minimum Gasteiger partial charge on any atom is -0.455 e. The van der Waals surface area contributed by atoms with Gasteiger partial charge in [0.1, 0.15) is 18.0 Å². The number of aromatic nitrogens is 2. The van der Waals surface area contributed by atoms with E-state index in [1.807, 2.05) is 18.2 Å². The molecule has 0 spiro atoms. The highest BCUT2D eigenvalue weighted by Crippen LogP contribution is 2.22. The lowest BCUT2D eigenvalue weighted by atomic mass is 10.2. The number of hydrogen-bond donors (Lipinski definition) is 0. The van der Waals surface area contributed by atoms with Crippen LogP contribution in [0, 0.1) is 0 Å². The molecule has 0 radical (unpaired) electrons. The smallest absolute Gasteiger partial charge is 0.342 e. The second kappa shape index (κ2) is 6.35. The van der Waals surface area contributed by atoms with E-state index in [4.69, 9.17) is 4.74 Å². The Morgan fingerprint density at radius 2 is 1.90 bits per heavy atom. The summed E-state index contributed by atoms with van der Waals surface area (Å²) < 4.78 is 5.35. The zero-order valence-corrected chi connectivity index (χ0v) is 11.7. The van der Waals surface area contributed by atoms with Gasteiger partial charge in [-0.1, -0.05) is 6.07 Å². The average Bonchev–Trinajstić information content (AvgIpc) is 3.08. The third-order valence-corrected chi connectivity index (χ3v) is 3.49. The van der Waals surface area contributed by atoms with Crippen molar-refractivity contribution >= 4 is 11.8 Å². The monoisotopic (exact) mass is 283 g/mol. The summed E-state index contributed by atoms with van der Waals surface area (Å²) in [4.78, 5) is 22.9. The van der Waals surface area contributed by atoms with Gasteiger partial charge in [0, 0.05) is 25.5 Å². The maximum absolute atomic E-state index is 12.3. The van der Waals surface area contributed by atoms with Gasteiger partial charge >= 0.3 is 5.97 Å². The Morgan fingerprint density at radius 3 is 2.67 bits per heavy atom. The van der Waals surface area contributed by atoms with Crippen LogP contribution in [-0.2, 0) is 11.3 Å². The summed E-state index contributed by atoms with van der Waals surface area (Å²) >= 11 is 0. The lowest BCUT2D eigenvalue weighted by Crippen LogP contribution is -2.22. The van der Waals surface area contributed by atoms with Gasteiger partial charge < -0.3 is 9.64 Å². The van der Waals surface area contributed by atoms with E-state index in [9.17, 15) is 4.79 Å². The molecule has 1 saturated heterocycles. The van der Waals surface area contributed by atoms with Crippen molar-refractivity contribution in [3.63, 3.8) is 0 Å². The van der Waals surface area contributed by atoms with Crippen LogP contribution in [0.2, 0.25) is 0 Å². The molecule has 0 atom stereocenters. The summed E-state index contributed by atoms with van der Waals surface area (Å²) in [7, 11) is 0. The first-order valence-corrected chi connectivity index (χ1v) is 7.11. The molecule has 5 heteroatoms. The van der Waals surface area contributed by atoms with E-state index in [0.717, 1.165) is 37.4 Å². The van der Waals surface area contributed by atoms with Gasteiger partial charge in [0.05, 0.1) is 5.69 Å². The summed E-state index contributed by atoms with van der Waals surface area (Å²) in [5, 5.41) is 0. The number of esters is 1. The van der Waals surface area contributed by atoms with Crippen LogP contribution in [0.1, 0.15) is 28.9 Å². The maximum atomic E-state index is 12.3. The minimum absolute atomic E-state index is 0.175. The molecule has 0 N–H and O–H groups in total. The van der Waals surface area contributed by atoms with Crippen molar-refractivity contribution in [1.82, 2.24) is 9.97 Å². The molecule has 0 aromatic carbocycles. The fourth-order valence-corrected chi connectivity index (χ4v) is 2.44. The van der Waals surface area contributed by atoms with Gasteiger partial charge in [0.2, 0.25) is 0 Å². The molecular weight excluding hydrogens is 266 g/mol. The second-order valence-electron chi connectivity index (χ2n) is 4.97. The van der Waals surface area contributed by atoms with Crippen molar-refractivity contribution in [3.05, 3.63) is 54.0 Å². The lowest BCUT2D eigenvalue weighted by Gasteiger charge is -2.18. The summed E-state index contributed by atoms with van der Waals surface area (Å²) in [5.41, 5.74) is 1.26. The van der Waals surface area contributed by atoms with Gasteiger partial charge in [-0.15, -0.1) is 0 Å². The molecule has 1 aliphatic rings. The average molecular weight is 283 g/mol. The summed E-state index contributed by atoms with van der Waals surface area (Å²) in [6, 6.07) is 9.06. The number of ether oxygens (including phenoxy) is 1. The molecule has 0 unspecified atom stereocenters. The lowest BCUT2D eigenvalue weighted by molar-refractivity contribution is 0.0468. The molecule has 5 nitrogen and oxygen atoms in total. The minimum atomic E-state index is -0.351. The highest BCUT2D eigenvalue weighted by Gasteiger charge is 2.21. The van der Waals surface area contributed by atoms with E-state index >= 15 is 0 Å². The van der Waals surface area contributed by atoms with E-state index in [0.29, 0.717) is 5.56 Å². The van der Waals surface area contributed by atoms with Crippen molar-refractivity contribution in [2.45, 2.75) is 19.4 Å². The second-order valence-corrected chi connectivity index (χ2v) is 4.97. The first-order chi connectivity index (χ1) is 10.3. The van der Waals surface area contributed by atoms with Crippen LogP contribution in [0.3, 0.4) is 0 Å². The summed E-state index contributed by atoms with van der Waals surface area (Å²) in [6.45, 7) is 2.06. The first kappa shape index (κ1) is 13.5. The third kappa shape index (κ3) is 3.18. The van der Waals surface area contributed by atoms with Gasteiger partial charge in [-0.3, -0.25) is 4.98 Å². The Bertz CT molecular complexity index is 610. The summed E-state index contributed by atoms with van der Waals surface area (Å²) in [6.07, 6.45) is 5.67. The molecule has 3 rings (SSSR count). The molecule has 0 aliphatic carbocycles. The molecule has 2 aromatic heterocycles. The zero-order valence-electron chi connectivity index (χ0n) is 11.7. The van der Waals surface area contributed by atoms with Crippen molar-refractivity contribution in [3.8, 4) is 0 Å². The number of hydrogen-bond acceptors (Lipinski definition) is 5. The van der Waals surface area contributed by atoms with E-state index in [1.54, 1.807) is 24.5 Å². The Morgan fingerprint density at radius 1 is 1.10 bits per heavy atom. The van der Waals surface area contributed by atoms with Crippen molar-refractivity contribution < 1.29 is 9.53 Å². The van der Waals surface area contributed by atoms with Gasteiger partial charge in [-0.25, -0.2) is 9.78 Å². The fraction of sp³-hybridized carbons (Fsp3) is 0.312. The van der Waals surface area contributed by atoms with Crippen LogP contribution in [-0.4, -0.2) is 29.0 Å². The van der Waals surface area contributed by atoms with Gasteiger partial charge in [-0.05, 0) is 37.1 Å². The molecule has 1 fully saturated rings. The SMILES string of the molecule is O=C(OCc1ccccn1)c1cccnc1N1CCCC1. The van der Waals surface area contributed by atoms with Crippen LogP contribution in [0.4, 0.5) is 5.82 Å². The third-order valence-electron chi connectivity index (χ3n) is 3.49. The maximum Gasteiger partial charge on any atom is 0.342 e. The van der Waals surface area contributed by atoms with E-state index in [2.05, 4.69) is 14.9 Å². The van der Waals surface area contributed by atoms with Crippen LogP contribution in [0.5, 0.6) is 0 Å². The van der Waals surface area contributed by atoms with Gasteiger partial charge in [0.25, 0.3) is 0 Å². The topological polar surface area (TPSA) is 55.3 Å². The van der Waals surface area contributed by atoms with Gasteiger partial charge in [0.15, 0.2) is 0 Å². The molecule has 3 heterocycles. The number of pyridine rings is 2. The molecule has 2 aromatic rings. The molecule has 0 bridgehead atoms. The normalized spacial score (nSPS) is 14.2. The summed E-state index contributed by atoms with van der Waals surface area (Å²) in [5.74, 6) is 0.372. The van der Waals surface area contributed by atoms with Crippen LogP contribution in [0.15, 0.2) is 42.7 Å². The highest BCUT2D eigenvalue weighted by atomic mass is 16.5. The van der Waals surface area contributed by atoms with Crippen molar-refractivity contribution in [1.29, 1.82) is 0 Å². The number of carbonyl (C=O) groups excluding carboxylic acids is 1. The van der Waals surface area contributed by atoms with Crippen molar-refractivity contribution in [2.24, 2.45) is 0 Å².